The van der Waals surface area contributed by atoms with Crippen molar-refractivity contribution in [2.75, 3.05) is 13.2 Å². The Labute approximate surface area is 129 Å². The molecule has 3 rings (SSSR count). The number of fused-ring (bicyclic) bond motifs is 2. The maximum Gasteiger partial charge on any atom is 0.126 e. The number of nitrogens with two attached hydrogens (primary N) is 1. The lowest BCUT2D eigenvalue weighted by molar-refractivity contribution is -0.693. The molecule has 3 aliphatic carbocycles. The van der Waals surface area contributed by atoms with E-state index in [9.17, 15) is 5.11 Å². The summed E-state index contributed by atoms with van der Waals surface area (Å²) in [6, 6.07) is 0.746. The Balaban J connectivity index is 1.46. The standard InChI is InChI=1S/C18H33NO2/c1-17(2)13-8-9-18(3,10-13)16(17)21-12-15(20)11-19-14-6-4-5-7-14/h13-16,19-20H,4-12H2,1-3H3/p+1/t13-,15+,16+,18+/m1/s1. The van der Waals surface area contributed by atoms with Gasteiger partial charge in [-0.1, -0.05) is 20.8 Å². The molecule has 21 heavy (non-hydrogen) atoms. The van der Waals surface area contributed by atoms with Crippen LogP contribution in [0.4, 0.5) is 0 Å². The van der Waals surface area contributed by atoms with Gasteiger partial charge in [0, 0.05) is 0 Å². The fraction of sp³-hybridized carbons (Fsp3) is 1.00. The lowest BCUT2D eigenvalue weighted by Crippen LogP contribution is -2.91. The predicted octanol–water partition coefficient (Wildman–Crippen LogP) is 2.08. The first-order chi connectivity index (χ1) is 9.92. The molecule has 3 nitrogen and oxygen atoms in total. The van der Waals surface area contributed by atoms with E-state index < -0.39 is 0 Å². The van der Waals surface area contributed by atoms with Crippen LogP contribution in [0.5, 0.6) is 0 Å². The van der Waals surface area contributed by atoms with Gasteiger partial charge in [0.1, 0.15) is 12.6 Å². The van der Waals surface area contributed by atoms with Gasteiger partial charge in [-0.3, -0.25) is 0 Å². The quantitative estimate of drug-likeness (QED) is 0.788. The molecule has 3 fully saturated rings. The highest BCUT2D eigenvalue weighted by Crippen LogP contribution is 2.63. The smallest absolute Gasteiger partial charge is 0.126 e. The van der Waals surface area contributed by atoms with Gasteiger partial charge in [0.05, 0.1) is 18.8 Å². The Morgan fingerprint density at radius 3 is 2.52 bits per heavy atom. The normalized spacial score (nSPS) is 40.0. The largest absolute Gasteiger partial charge is 0.385 e. The van der Waals surface area contributed by atoms with E-state index in [1.807, 2.05) is 0 Å². The van der Waals surface area contributed by atoms with Gasteiger partial charge in [-0.2, -0.15) is 0 Å². The van der Waals surface area contributed by atoms with Crippen molar-refractivity contribution in [1.29, 1.82) is 0 Å². The highest BCUT2D eigenvalue weighted by Gasteiger charge is 2.60. The van der Waals surface area contributed by atoms with Crippen molar-refractivity contribution >= 4 is 0 Å². The van der Waals surface area contributed by atoms with E-state index >= 15 is 0 Å². The molecule has 0 aromatic carbocycles. The van der Waals surface area contributed by atoms with Crippen LogP contribution in [0.15, 0.2) is 0 Å². The van der Waals surface area contributed by atoms with Crippen LogP contribution in [0, 0.1) is 16.7 Å². The average molecular weight is 296 g/mol. The van der Waals surface area contributed by atoms with E-state index in [1.165, 1.54) is 44.9 Å². The first-order valence-electron chi connectivity index (χ1n) is 9.05. The first kappa shape index (κ1) is 15.8. The van der Waals surface area contributed by atoms with E-state index in [0.717, 1.165) is 18.5 Å². The maximum atomic E-state index is 10.2. The second-order valence-corrected chi connectivity index (χ2v) is 8.80. The molecule has 0 saturated heterocycles. The molecular weight excluding hydrogens is 262 g/mol. The van der Waals surface area contributed by atoms with Gasteiger partial charge in [0.2, 0.25) is 0 Å². The third-order valence-corrected chi connectivity index (χ3v) is 6.73. The zero-order valence-corrected chi connectivity index (χ0v) is 14.1. The second-order valence-electron chi connectivity index (χ2n) is 8.80. The molecule has 0 radical (unpaired) electrons. The van der Waals surface area contributed by atoms with Gasteiger partial charge in [0.15, 0.2) is 0 Å². The van der Waals surface area contributed by atoms with Crippen molar-refractivity contribution in [2.45, 2.75) is 84.0 Å². The van der Waals surface area contributed by atoms with Crippen LogP contribution in [0.25, 0.3) is 0 Å². The molecule has 0 amide bonds. The van der Waals surface area contributed by atoms with Crippen molar-refractivity contribution in [3.05, 3.63) is 0 Å². The van der Waals surface area contributed by atoms with Crippen LogP contribution in [0.3, 0.4) is 0 Å². The number of hydrogen-bond donors (Lipinski definition) is 2. The highest BCUT2D eigenvalue weighted by molar-refractivity contribution is 5.09. The van der Waals surface area contributed by atoms with Gasteiger partial charge in [-0.05, 0) is 61.7 Å². The molecule has 3 aliphatic rings. The third kappa shape index (κ3) is 3.02. The van der Waals surface area contributed by atoms with Gasteiger partial charge < -0.3 is 15.2 Å². The molecule has 3 saturated carbocycles. The van der Waals surface area contributed by atoms with Crippen LogP contribution >= 0.6 is 0 Å². The Hall–Kier alpha value is -0.120. The summed E-state index contributed by atoms with van der Waals surface area (Å²) in [6.07, 6.45) is 9.36. The van der Waals surface area contributed by atoms with E-state index in [0.29, 0.717) is 18.1 Å². The van der Waals surface area contributed by atoms with Gasteiger partial charge in [-0.15, -0.1) is 0 Å². The Kier molecular flexibility index (Phi) is 4.37. The Morgan fingerprint density at radius 2 is 1.90 bits per heavy atom. The summed E-state index contributed by atoms with van der Waals surface area (Å²) in [7, 11) is 0. The number of quaternary nitrogens is 1. The highest BCUT2D eigenvalue weighted by atomic mass is 16.5. The molecule has 3 heteroatoms. The van der Waals surface area contributed by atoms with E-state index in [-0.39, 0.29) is 11.5 Å². The predicted molar refractivity (Wildman–Crippen MR) is 84.0 cm³/mol. The van der Waals surface area contributed by atoms with Crippen LogP contribution in [0.1, 0.15) is 65.7 Å². The summed E-state index contributed by atoms with van der Waals surface area (Å²) in [4.78, 5) is 0. The molecule has 2 bridgehead atoms. The Bertz CT molecular complexity index is 359. The van der Waals surface area contributed by atoms with Crippen LogP contribution in [-0.2, 0) is 4.74 Å². The topological polar surface area (TPSA) is 46.1 Å². The number of aliphatic hydroxyl groups excluding tert-OH is 1. The molecule has 0 aliphatic heterocycles. The number of ether oxygens (including phenoxy) is 1. The molecule has 0 spiro atoms. The zero-order chi connectivity index (χ0) is 15.1. The van der Waals surface area contributed by atoms with Gasteiger partial charge in [0.25, 0.3) is 0 Å². The first-order valence-corrected chi connectivity index (χ1v) is 9.05. The van der Waals surface area contributed by atoms with Gasteiger partial charge >= 0.3 is 0 Å². The average Bonchev–Trinajstić information content (AvgIpc) is 3.09. The fourth-order valence-electron chi connectivity index (χ4n) is 5.49. The van der Waals surface area contributed by atoms with Gasteiger partial charge in [-0.25, -0.2) is 0 Å². The number of rotatable bonds is 6. The molecule has 0 aromatic heterocycles. The zero-order valence-electron chi connectivity index (χ0n) is 14.1. The summed E-state index contributed by atoms with van der Waals surface area (Å²) >= 11 is 0. The molecular formula is C18H34NO2+. The van der Waals surface area contributed by atoms with Crippen molar-refractivity contribution < 1.29 is 15.2 Å². The lowest BCUT2D eigenvalue weighted by atomic mass is 9.70. The van der Waals surface area contributed by atoms with E-state index in [4.69, 9.17) is 4.74 Å². The molecule has 0 aromatic rings. The summed E-state index contributed by atoms with van der Waals surface area (Å²) in [5, 5.41) is 12.6. The summed E-state index contributed by atoms with van der Waals surface area (Å²) in [6.45, 7) is 8.44. The summed E-state index contributed by atoms with van der Waals surface area (Å²) in [5.74, 6) is 0.815. The fourth-order valence-corrected chi connectivity index (χ4v) is 5.49. The van der Waals surface area contributed by atoms with E-state index in [2.05, 4.69) is 26.1 Å². The van der Waals surface area contributed by atoms with Crippen molar-refractivity contribution in [3.8, 4) is 0 Å². The number of hydrogen-bond acceptors (Lipinski definition) is 2. The van der Waals surface area contributed by atoms with E-state index in [1.54, 1.807) is 0 Å². The summed E-state index contributed by atoms with van der Waals surface area (Å²) < 4.78 is 6.26. The minimum absolute atomic E-state index is 0.280. The minimum atomic E-state index is -0.316. The van der Waals surface area contributed by atoms with Crippen LogP contribution < -0.4 is 5.32 Å². The monoisotopic (exact) mass is 296 g/mol. The van der Waals surface area contributed by atoms with Crippen molar-refractivity contribution in [2.24, 2.45) is 16.7 Å². The molecule has 3 N–H and O–H groups in total. The molecule has 4 atom stereocenters. The van der Waals surface area contributed by atoms with Crippen molar-refractivity contribution in [3.63, 3.8) is 0 Å². The molecule has 0 heterocycles. The molecule has 122 valence electrons. The lowest BCUT2D eigenvalue weighted by Gasteiger charge is -2.42. The molecule has 0 unspecified atom stereocenters. The maximum absolute atomic E-state index is 10.2. The second kappa shape index (κ2) is 5.82. The van der Waals surface area contributed by atoms with Crippen molar-refractivity contribution in [1.82, 2.24) is 0 Å². The summed E-state index contributed by atoms with van der Waals surface area (Å²) in [5.41, 5.74) is 0.630. The SMILES string of the molecule is CC1(C)[C@@H]2CC[C@@](C)(C2)[C@H]1OC[C@@H](O)C[NH2+]C1CCCC1. The van der Waals surface area contributed by atoms with Crippen LogP contribution in [-0.4, -0.2) is 36.5 Å². The number of aliphatic hydroxyl groups is 1. The third-order valence-electron chi connectivity index (χ3n) is 6.73. The van der Waals surface area contributed by atoms with Crippen LogP contribution in [0.2, 0.25) is 0 Å². The minimum Gasteiger partial charge on any atom is -0.385 e. The Morgan fingerprint density at radius 1 is 1.19 bits per heavy atom.